The minimum atomic E-state index is -0.354. The molecule has 0 saturated heterocycles. The monoisotopic (exact) mass is 174 g/mol. The van der Waals surface area contributed by atoms with Crippen molar-refractivity contribution >= 4 is 0 Å². The summed E-state index contributed by atoms with van der Waals surface area (Å²) in [6, 6.07) is 0. The standard InChI is InChI=1S/C10H22O2/c1-6-9(11)10(7-2,12-5)8(3)4/h8-9,11H,6-7H2,1-5H3. The Morgan fingerprint density at radius 2 is 1.83 bits per heavy atom. The maximum atomic E-state index is 9.81. The molecule has 0 heterocycles. The summed E-state index contributed by atoms with van der Waals surface area (Å²) in [4.78, 5) is 0. The van der Waals surface area contributed by atoms with Gasteiger partial charge in [0.2, 0.25) is 0 Å². The van der Waals surface area contributed by atoms with Crippen LogP contribution in [0.3, 0.4) is 0 Å². The largest absolute Gasteiger partial charge is 0.390 e. The number of aliphatic hydroxyl groups excluding tert-OH is 1. The molecule has 0 amide bonds. The van der Waals surface area contributed by atoms with Crippen molar-refractivity contribution in [2.45, 2.75) is 52.2 Å². The van der Waals surface area contributed by atoms with E-state index >= 15 is 0 Å². The summed E-state index contributed by atoms with van der Waals surface area (Å²) in [7, 11) is 1.68. The molecule has 0 bridgehead atoms. The molecule has 0 saturated carbocycles. The van der Waals surface area contributed by atoms with Crippen LogP contribution in [-0.4, -0.2) is 23.9 Å². The Kier molecular flexibility index (Phi) is 4.80. The van der Waals surface area contributed by atoms with Gasteiger partial charge >= 0.3 is 0 Å². The fraction of sp³-hybridized carbons (Fsp3) is 1.00. The summed E-state index contributed by atoms with van der Waals surface area (Å²) in [5, 5.41) is 9.81. The number of methoxy groups -OCH3 is 1. The van der Waals surface area contributed by atoms with Gasteiger partial charge in [-0.3, -0.25) is 0 Å². The lowest BCUT2D eigenvalue weighted by atomic mass is 9.81. The second kappa shape index (κ2) is 4.83. The Hall–Kier alpha value is -0.0800. The molecule has 74 valence electrons. The second-order valence-corrected chi connectivity index (χ2v) is 3.59. The summed E-state index contributed by atoms with van der Waals surface area (Å²) in [6.45, 7) is 8.22. The predicted molar refractivity (Wildman–Crippen MR) is 51.2 cm³/mol. The fourth-order valence-electron chi connectivity index (χ4n) is 1.89. The Labute approximate surface area is 75.9 Å². The number of aliphatic hydroxyl groups is 1. The zero-order chi connectivity index (χ0) is 9.78. The van der Waals surface area contributed by atoms with E-state index in [1.165, 1.54) is 0 Å². The third-order valence-corrected chi connectivity index (χ3v) is 2.86. The first-order valence-electron chi connectivity index (χ1n) is 4.78. The molecule has 0 aromatic rings. The van der Waals surface area contributed by atoms with E-state index in [0.717, 1.165) is 12.8 Å². The van der Waals surface area contributed by atoms with Gasteiger partial charge in [-0.1, -0.05) is 27.7 Å². The molecule has 0 radical (unpaired) electrons. The second-order valence-electron chi connectivity index (χ2n) is 3.59. The minimum absolute atomic E-state index is 0.349. The van der Waals surface area contributed by atoms with E-state index in [4.69, 9.17) is 4.74 Å². The molecule has 0 aliphatic heterocycles. The molecule has 2 heteroatoms. The van der Waals surface area contributed by atoms with E-state index in [1.807, 2.05) is 6.92 Å². The molecule has 2 nitrogen and oxygen atoms in total. The van der Waals surface area contributed by atoms with Crippen LogP contribution in [0.4, 0.5) is 0 Å². The van der Waals surface area contributed by atoms with Gasteiger partial charge < -0.3 is 9.84 Å². The van der Waals surface area contributed by atoms with Crippen LogP contribution in [-0.2, 0) is 4.74 Å². The number of hydrogen-bond acceptors (Lipinski definition) is 2. The van der Waals surface area contributed by atoms with Crippen LogP contribution in [0.15, 0.2) is 0 Å². The molecule has 0 aromatic carbocycles. The Balaban J connectivity index is 4.56. The topological polar surface area (TPSA) is 29.5 Å². The van der Waals surface area contributed by atoms with Gasteiger partial charge in [-0.2, -0.15) is 0 Å². The summed E-state index contributed by atoms with van der Waals surface area (Å²) in [6.07, 6.45) is 1.25. The molecule has 12 heavy (non-hydrogen) atoms. The maximum absolute atomic E-state index is 9.81. The van der Waals surface area contributed by atoms with Crippen LogP contribution in [0, 0.1) is 5.92 Å². The van der Waals surface area contributed by atoms with Gasteiger partial charge in [0.25, 0.3) is 0 Å². The minimum Gasteiger partial charge on any atom is -0.390 e. The molecule has 0 spiro atoms. The summed E-state index contributed by atoms with van der Waals surface area (Å²) in [5.41, 5.74) is -0.352. The fourth-order valence-corrected chi connectivity index (χ4v) is 1.89. The molecule has 2 atom stereocenters. The van der Waals surface area contributed by atoms with Crippen molar-refractivity contribution in [2.24, 2.45) is 5.92 Å². The summed E-state index contributed by atoms with van der Waals surface area (Å²) < 4.78 is 5.45. The molecule has 1 N–H and O–H groups in total. The van der Waals surface area contributed by atoms with Gasteiger partial charge in [-0.25, -0.2) is 0 Å². The average Bonchev–Trinajstić information content (AvgIpc) is 2.06. The molecule has 0 rings (SSSR count). The number of ether oxygens (including phenoxy) is 1. The van der Waals surface area contributed by atoms with Gasteiger partial charge in [-0.05, 0) is 18.8 Å². The van der Waals surface area contributed by atoms with Gasteiger partial charge in [0.15, 0.2) is 0 Å². The molecule has 0 aromatic heterocycles. The highest BCUT2D eigenvalue weighted by atomic mass is 16.5. The van der Waals surface area contributed by atoms with Crippen LogP contribution < -0.4 is 0 Å². The van der Waals surface area contributed by atoms with Crippen molar-refractivity contribution in [1.29, 1.82) is 0 Å². The zero-order valence-electron chi connectivity index (χ0n) is 8.92. The van der Waals surface area contributed by atoms with E-state index < -0.39 is 0 Å². The Morgan fingerprint density at radius 1 is 1.33 bits per heavy atom. The van der Waals surface area contributed by atoms with Crippen LogP contribution >= 0.6 is 0 Å². The predicted octanol–water partition coefficient (Wildman–Crippen LogP) is 2.21. The first-order valence-corrected chi connectivity index (χ1v) is 4.78. The van der Waals surface area contributed by atoms with Gasteiger partial charge in [-0.15, -0.1) is 0 Å². The van der Waals surface area contributed by atoms with Crippen molar-refractivity contribution < 1.29 is 9.84 Å². The maximum Gasteiger partial charge on any atom is 0.0956 e. The summed E-state index contributed by atoms with van der Waals surface area (Å²) in [5.74, 6) is 0.349. The highest BCUT2D eigenvalue weighted by Gasteiger charge is 2.38. The van der Waals surface area contributed by atoms with Gasteiger partial charge in [0.1, 0.15) is 0 Å². The van der Waals surface area contributed by atoms with Crippen LogP contribution in [0.25, 0.3) is 0 Å². The van der Waals surface area contributed by atoms with Crippen LogP contribution in [0.2, 0.25) is 0 Å². The highest BCUT2D eigenvalue weighted by molar-refractivity contribution is 4.89. The third kappa shape index (κ3) is 1.99. The quantitative estimate of drug-likeness (QED) is 0.692. The first kappa shape index (κ1) is 11.9. The average molecular weight is 174 g/mol. The normalized spacial score (nSPS) is 19.2. The zero-order valence-corrected chi connectivity index (χ0v) is 8.92. The van der Waals surface area contributed by atoms with Crippen molar-refractivity contribution in [3.63, 3.8) is 0 Å². The lowest BCUT2D eigenvalue weighted by molar-refractivity contribution is -0.134. The first-order chi connectivity index (χ1) is 5.55. The van der Waals surface area contributed by atoms with E-state index in [0.29, 0.717) is 5.92 Å². The van der Waals surface area contributed by atoms with Gasteiger partial charge in [0, 0.05) is 7.11 Å². The van der Waals surface area contributed by atoms with Crippen molar-refractivity contribution in [1.82, 2.24) is 0 Å². The van der Waals surface area contributed by atoms with Crippen molar-refractivity contribution in [3.05, 3.63) is 0 Å². The Bertz CT molecular complexity index is 117. The van der Waals surface area contributed by atoms with Crippen molar-refractivity contribution in [2.75, 3.05) is 7.11 Å². The highest BCUT2D eigenvalue weighted by Crippen LogP contribution is 2.30. The van der Waals surface area contributed by atoms with Crippen molar-refractivity contribution in [3.8, 4) is 0 Å². The molecule has 0 aliphatic carbocycles. The SMILES string of the molecule is CCC(O)C(CC)(OC)C(C)C. The van der Waals surface area contributed by atoms with Gasteiger partial charge in [0.05, 0.1) is 11.7 Å². The molecule has 0 fully saturated rings. The van der Waals surface area contributed by atoms with Crippen LogP contribution in [0.5, 0.6) is 0 Å². The molecule has 0 aliphatic rings. The number of hydrogen-bond donors (Lipinski definition) is 1. The van der Waals surface area contributed by atoms with Crippen LogP contribution in [0.1, 0.15) is 40.5 Å². The lowest BCUT2D eigenvalue weighted by Gasteiger charge is -2.39. The third-order valence-electron chi connectivity index (χ3n) is 2.86. The summed E-state index contributed by atoms with van der Waals surface area (Å²) >= 11 is 0. The van der Waals surface area contributed by atoms with E-state index in [1.54, 1.807) is 7.11 Å². The molecular weight excluding hydrogens is 152 g/mol. The van der Waals surface area contributed by atoms with E-state index in [-0.39, 0.29) is 11.7 Å². The smallest absolute Gasteiger partial charge is 0.0956 e. The Morgan fingerprint density at radius 3 is 1.92 bits per heavy atom. The van der Waals surface area contributed by atoms with E-state index in [9.17, 15) is 5.11 Å². The number of rotatable bonds is 5. The molecular formula is C10H22O2. The van der Waals surface area contributed by atoms with E-state index in [2.05, 4.69) is 20.8 Å². The lowest BCUT2D eigenvalue weighted by Crippen LogP contribution is -2.47. The molecule has 2 unspecified atom stereocenters.